The molecular formula is C18H28N4O4. The second kappa shape index (κ2) is 8.62. The summed E-state index contributed by atoms with van der Waals surface area (Å²) in [6, 6.07) is 0. The van der Waals surface area contributed by atoms with Crippen LogP contribution in [-0.4, -0.2) is 65.1 Å². The summed E-state index contributed by atoms with van der Waals surface area (Å²) in [6.07, 6.45) is 4.79. The summed E-state index contributed by atoms with van der Waals surface area (Å²) in [6.45, 7) is 4.08. The van der Waals surface area contributed by atoms with E-state index in [9.17, 15) is 9.59 Å². The van der Waals surface area contributed by atoms with E-state index >= 15 is 0 Å². The average Bonchev–Trinajstić information content (AvgIpc) is 3.05. The fraction of sp³-hybridized carbons (Fsp3) is 0.778. The Morgan fingerprint density at radius 1 is 1.27 bits per heavy atom. The van der Waals surface area contributed by atoms with Crippen LogP contribution in [0.25, 0.3) is 0 Å². The molecule has 8 heteroatoms. The molecule has 144 valence electrons. The number of carbonyl (C=O) groups excluding carboxylic acids is 2. The van der Waals surface area contributed by atoms with Gasteiger partial charge in [0.15, 0.2) is 5.82 Å². The van der Waals surface area contributed by atoms with Crippen molar-refractivity contribution < 1.29 is 18.8 Å². The van der Waals surface area contributed by atoms with E-state index in [1.807, 2.05) is 6.92 Å². The molecule has 1 aliphatic carbocycles. The van der Waals surface area contributed by atoms with Crippen molar-refractivity contribution in [3.05, 3.63) is 11.7 Å². The largest absolute Gasteiger partial charge is 0.372 e. The number of aromatic nitrogens is 2. The van der Waals surface area contributed by atoms with Gasteiger partial charge in [-0.2, -0.15) is 4.98 Å². The van der Waals surface area contributed by atoms with E-state index in [0.29, 0.717) is 56.7 Å². The summed E-state index contributed by atoms with van der Waals surface area (Å²) in [5.41, 5.74) is 0. The zero-order valence-corrected chi connectivity index (χ0v) is 15.6. The molecule has 1 aromatic rings. The number of nitrogens with zero attached hydrogens (tertiary/aromatic N) is 4. The van der Waals surface area contributed by atoms with Crippen molar-refractivity contribution in [1.82, 2.24) is 19.9 Å². The summed E-state index contributed by atoms with van der Waals surface area (Å²) in [7, 11) is 1.77. The molecule has 0 aromatic carbocycles. The molecule has 1 aromatic heterocycles. The zero-order chi connectivity index (χ0) is 18.5. The first-order valence-corrected chi connectivity index (χ1v) is 9.51. The highest BCUT2D eigenvalue weighted by molar-refractivity contribution is 5.80. The zero-order valence-electron chi connectivity index (χ0n) is 15.6. The van der Waals surface area contributed by atoms with Crippen molar-refractivity contribution in [2.75, 3.05) is 33.4 Å². The maximum Gasteiger partial charge on any atom is 0.248 e. The quantitative estimate of drug-likeness (QED) is 0.730. The van der Waals surface area contributed by atoms with E-state index in [2.05, 4.69) is 10.1 Å². The number of piperidine rings is 1. The molecule has 2 fully saturated rings. The molecule has 0 radical (unpaired) electrons. The first-order chi connectivity index (χ1) is 12.6. The van der Waals surface area contributed by atoms with Crippen LogP contribution < -0.4 is 0 Å². The van der Waals surface area contributed by atoms with Crippen molar-refractivity contribution >= 4 is 11.8 Å². The number of likely N-dealkylation sites (tertiary alicyclic amines) is 1. The molecule has 8 nitrogen and oxygen atoms in total. The third kappa shape index (κ3) is 4.41. The van der Waals surface area contributed by atoms with Crippen LogP contribution >= 0.6 is 0 Å². The topological polar surface area (TPSA) is 88.8 Å². The molecular weight excluding hydrogens is 336 g/mol. The lowest BCUT2D eigenvalue weighted by Crippen LogP contribution is -2.44. The number of ether oxygens (including phenoxy) is 1. The third-order valence-corrected chi connectivity index (χ3v) is 5.32. The molecule has 1 saturated carbocycles. The lowest BCUT2D eigenvalue weighted by Gasteiger charge is -2.33. The predicted molar refractivity (Wildman–Crippen MR) is 93.2 cm³/mol. The summed E-state index contributed by atoms with van der Waals surface area (Å²) in [5.74, 6) is 1.68. The highest BCUT2D eigenvalue weighted by Gasteiger charge is 2.30. The van der Waals surface area contributed by atoms with Gasteiger partial charge in [-0.1, -0.05) is 11.6 Å². The van der Waals surface area contributed by atoms with E-state index in [1.165, 1.54) is 6.42 Å². The second-order valence-electron chi connectivity index (χ2n) is 7.16. The van der Waals surface area contributed by atoms with Gasteiger partial charge in [-0.3, -0.25) is 9.59 Å². The minimum Gasteiger partial charge on any atom is -0.372 e. The Labute approximate surface area is 153 Å². The third-order valence-electron chi connectivity index (χ3n) is 5.32. The molecule has 0 spiro atoms. The average molecular weight is 364 g/mol. The van der Waals surface area contributed by atoms with Gasteiger partial charge in [0.05, 0.1) is 6.54 Å². The van der Waals surface area contributed by atoms with Gasteiger partial charge in [0.2, 0.25) is 17.7 Å². The number of amides is 2. The Morgan fingerprint density at radius 3 is 2.62 bits per heavy atom. The van der Waals surface area contributed by atoms with Crippen molar-refractivity contribution in [2.24, 2.45) is 5.92 Å². The summed E-state index contributed by atoms with van der Waals surface area (Å²) >= 11 is 0. The van der Waals surface area contributed by atoms with Crippen molar-refractivity contribution in [3.8, 4) is 0 Å². The predicted octanol–water partition coefficient (Wildman–Crippen LogP) is 1.57. The molecule has 0 bridgehead atoms. The van der Waals surface area contributed by atoms with Crippen LogP contribution in [0.3, 0.4) is 0 Å². The molecule has 1 aliphatic heterocycles. The molecule has 2 amide bonds. The van der Waals surface area contributed by atoms with Gasteiger partial charge in [0.1, 0.15) is 6.61 Å². The van der Waals surface area contributed by atoms with E-state index in [4.69, 9.17) is 9.26 Å². The Kier molecular flexibility index (Phi) is 6.24. The van der Waals surface area contributed by atoms with Crippen LogP contribution in [-0.2, 0) is 20.9 Å². The fourth-order valence-electron chi connectivity index (χ4n) is 3.41. The van der Waals surface area contributed by atoms with Gasteiger partial charge >= 0.3 is 0 Å². The minimum atomic E-state index is -0.0610. The van der Waals surface area contributed by atoms with E-state index in [1.54, 1.807) is 16.8 Å². The SMILES string of the molecule is CCOCC(=O)N1CCC(C(=O)N(C)Cc2noc(C3CCC3)n2)CC1. The van der Waals surface area contributed by atoms with Gasteiger partial charge in [0, 0.05) is 38.6 Å². The maximum absolute atomic E-state index is 12.7. The van der Waals surface area contributed by atoms with Crippen molar-refractivity contribution in [2.45, 2.75) is 51.5 Å². The Bertz CT molecular complexity index is 620. The Balaban J connectivity index is 1.45. The highest BCUT2D eigenvalue weighted by Crippen LogP contribution is 2.35. The molecule has 0 unspecified atom stereocenters. The number of hydrogen-bond donors (Lipinski definition) is 0. The number of rotatable bonds is 7. The van der Waals surface area contributed by atoms with E-state index < -0.39 is 0 Å². The van der Waals surface area contributed by atoms with Crippen LogP contribution in [0.2, 0.25) is 0 Å². The van der Waals surface area contributed by atoms with Crippen LogP contribution in [0.5, 0.6) is 0 Å². The lowest BCUT2D eigenvalue weighted by atomic mass is 9.85. The Morgan fingerprint density at radius 2 is 2.00 bits per heavy atom. The smallest absolute Gasteiger partial charge is 0.248 e. The first kappa shape index (κ1) is 18.8. The van der Waals surface area contributed by atoms with Gasteiger partial charge in [0.25, 0.3) is 0 Å². The summed E-state index contributed by atoms with van der Waals surface area (Å²) in [5, 5.41) is 4.00. The van der Waals surface area contributed by atoms with Gasteiger partial charge in [-0.05, 0) is 32.6 Å². The van der Waals surface area contributed by atoms with Crippen LogP contribution in [0.15, 0.2) is 4.52 Å². The normalized spacial score (nSPS) is 18.6. The van der Waals surface area contributed by atoms with Gasteiger partial charge in [-0.25, -0.2) is 0 Å². The van der Waals surface area contributed by atoms with E-state index in [0.717, 1.165) is 12.8 Å². The molecule has 0 N–H and O–H groups in total. The summed E-state index contributed by atoms with van der Waals surface area (Å²) < 4.78 is 10.5. The second-order valence-corrected chi connectivity index (χ2v) is 7.16. The highest BCUT2D eigenvalue weighted by atomic mass is 16.5. The fourth-order valence-corrected chi connectivity index (χ4v) is 3.41. The molecule has 0 atom stereocenters. The van der Waals surface area contributed by atoms with Crippen molar-refractivity contribution in [3.63, 3.8) is 0 Å². The minimum absolute atomic E-state index is 0.00132. The first-order valence-electron chi connectivity index (χ1n) is 9.51. The molecule has 3 rings (SSSR count). The number of hydrogen-bond acceptors (Lipinski definition) is 6. The molecule has 26 heavy (non-hydrogen) atoms. The van der Waals surface area contributed by atoms with E-state index in [-0.39, 0.29) is 24.3 Å². The molecule has 2 aliphatic rings. The molecule has 2 heterocycles. The van der Waals surface area contributed by atoms with Crippen LogP contribution in [0.4, 0.5) is 0 Å². The maximum atomic E-state index is 12.7. The van der Waals surface area contributed by atoms with Gasteiger partial charge < -0.3 is 19.1 Å². The summed E-state index contributed by atoms with van der Waals surface area (Å²) in [4.78, 5) is 32.5. The van der Waals surface area contributed by atoms with Crippen molar-refractivity contribution in [1.29, 1.82) is 0 Å². The Hall–Kier alpha value is -1.96. The van der Waals surface area contributed by atoms with Crippen LogP contribution in [0.1, 0.15) is 56.7 Å². The standard InChI is InChI=1S/C18H28N4O4/c1-3-25-12-16(23)22-9-7-14(8-10-22)18(24)21(2)11-15-19-17(26-20-15)13-5-4-6-13/h13-14H,3-12H2,1-2H3. The number of carbonyl (C=O) groups is 2. The van der Waals surface area contributed by atoms with Gasteiger partial charge in [-0.15, -0.1) is 0 Å². The van der Waals surface area contributed by atoms with Crippen LogP contribution in [0, 0.1) is 5.92 Å². The lowest BCUT2D eigenvalue weighted by molar-refractivity contribution is -0.142. The molecule has 1 saturated heterocycles. The monoisotopic (exact) mass is 364 g/mol.